The van der Waals surface area contributed by atoms with Gasteiger partial charge in [-0.05, 0) is 42.0 Å². The summed E-state index contributed by atoms with van der Waals surface area (Å²) < 4.78 is 1.88. The van der Waals surface area contributed by atoms with Crippen LogP contribution in [0.15, 0.2) is 43.0 Å². The molecule has 1 saturated carbocycles. The molecule has 0 radical (unpaired) electrons. The van der Waals surface area contributed by atoms with Crippen molar-refractivity contribution in [2.24, 2.45) is 5.41 Å². The highest BCUT2D eigenvalue weighted by molar-refractivity contribution is 5.74. The average Bonchev–Trinajstić information content (AvgIpc) is 3.27. The fraction of sp³-hybridized carbons (Fsp3) is 0.350. The summed E-state index contributed by atoms with van der Waals surface area (Å²) in [5.41, 5.74) is 4.84. The summed E-state index contributed by atoms with van der Waals surface area (Å²) in [6.45, 7) is 3.91. The smallest absolute Gasteiger partial charge is 0.179 e. The molecule has 1 aliphatic carbocycles. The van der Waals surface area contributed by atoms with Gasteiger partial charge in [0, 0.05) is 26.0 Å². The summed E-state index contributed by atoms with van der Waals surface area (Å²) in [6, 6.07) is 5.91. The predicted molar refractivity (Wildman–Crippen MR) is 105 cm³/mol. The maximum atomic E-state index is 4.83. The summed E-state index contributed by atoms with van der Waals surface area (Å²) in [5, 5.41) is 4.48. The topological polar surface area (TPSA) is 72.6 Å². The highest BCUT2D eigenvalue weighted by Crippen LogP contribution is 2.45. The number of rotatable bonds is 5. The number of nitrogens with zero attached hydrogens (tertiary/aromatic N) is 7. The summed E-state index contributed by atoms with van der Waals surface area (Å²) >= 11 is 0. The van der Waals surface area contributed by atoms with E-state index in [0.717, 1.165) is 40.1 Å². The van der Waals surface area contributed by atoms with Gasteiger partial charge in [-0.25, -0.2) is 14.6 Å². The minimum atomic E-state index is 0.426. The maximum absolute atomic E-state index is 4.83. The summed E-state index contributed by atoms with van der Waals surface area (Å²) in [7, 11) is 2.08. The second-order valence-corrected chi connectivity index (χ2v) is 7.79. The molecule has 1 fully saturated rings. The fourth-order valence-electron chi connectivity index (χ4n) is 3.42. The van der Waals surface area contributed by atoms with E-state index in [2.05, 4.69) is 38.9 Å². The molecule has 0 aromatic carbocycles. The SMILES string of the molecule is CN(CC1(C)CC1)c1cnc2cnn(Cc3cnc4cccnc4c3)c2n1. The van der Waals surface area contributed by atoms with Gasteiger partial charge in [-0.15, -0.1) is 0 Å². The second kappa shape index (κ2) is 5.97. The summed E-state index contributed by atoms with van der Waals surface area (Å²) in [6.07, 6.45) is 9.82. The molecule has 0 aliphatic heterocycles. The molecule has 4 aromatic rings. The van der Waals surface area contributed by atoms with Crippen molar-refractivity contribution in [2.45, 2.75) is 26.3 Å². The highest BCUT2D eigenvalue weighted by atomic mass is 15.3. The zero-order valence-electron chi connectivity index (χ0n) is 15.5. The van der Waals surface area contributed by atoms with E-state index in [0.29, 0.717) is 12.0 Å². The molecule has 5 rings (SSSR count). The minimum Gasteiger partial charge on any atom is -0.358 e. The lowest BCUT2D eigenvalue weighted by molar-refractivity contribution is 0.566. The van der Waals surface area contributed by atoms with Crippen LogP contribution in [-0.4, -0.2) is 43.3 Å². The Morgan fingerprint density at radius 2 is 1.93 bits per heavy atom. The molecule has 4 heterocycles. The van der Waals surface area contributed by atoms with Crippen LogP contribution in [0.5, 0.6) is 0 Å². The van der Waals surface area contributed by atoms with Crippen LogP contribution in [0.25, 0.3) is 22.2 Å². The summed E-state index contributed by atoms with van der Waals surface area (Å²) in [4.78, 5) is 20.4. The standard InChI is InChI=1S/C20H21N7/c1-20(5-6-20)13-26(2)18-11-23-17-10-24-27(19(17)25-18)12-14-8-16-15(22-9-14)4-3-7-21-16/h3-4,7-11H,5-6,12-13H2,1-2H3. The molecular formula is C20H21N7. The average molecular weight is 359 g/mol. The Hall–Kier alpha value is -3.09. The molecule has 1 aliphatic rings. The molecule has 27 heavy (non-hydrogen) atoms. The Morgan fingerprint density at radius 3 is 2.78 bits per heavy atom. The van der Waals surface area contributed by atoms with Crippen LogP contribution in [0.3, 0.4) is 0 Å². The Bertz CT molecular complexity index is 1130. The van der Waals surface area contributed by atoms with Crippen molar-refractivity contribution in [3.63, 3.8) is 0 Å². The maximum Gasteiger partial charge on any atom is 0.179 e. The highest BCUT2D eigenvalue weighted by Gasteiger charge is 2.38. The van der Waals surface area contributed by atoms with E-state index in [9.17, 15) is 0 Å². The fourth-order valence-corrected chi connectivity index (χ4v) is 3.42. The van der Waals surface area contributed by atoms with Crippen LogP contribution < -0.4 is 4.90 Å². The van der Waals surface area contributed by atoms with Crippen LogP contribution in [0.1, 0.15) is 25.3 Å². The van der Waals surface area contributed by atoms with E-state index in [-0.39, 0.29) is 0 Å². The first kappa shape index (κ1) is 16.1. The van der Waals surface area contributed by atoms with Crippen LogP contribution in [0, 0.1) is 5.41 Å². The van der Waals surface area contributed by atoms with Crippen molar-refractivity contribution >= 4 is 28.0 Å². The molecule has 4 aromatic heterocycles. The molecule has 0 bridgehead atoms. The van der Waals surface area contributed by atoms with E-state index in [4.69, 9.17) is 4.98 Å². The lowest BCUT2D eigenvalue weighted by Gasteiger charge is -2.21. The Kier molecular flexibility index (Phi) is 3.56. The van der Waals surface area contributed by atoms with E-state index in [1.165, 1.54) is 12.8 Å². The van der Waals surface area contributed by atoms with Crippen molar-refractivity contribution in [3.05, 3.63) is 48.5 Å². The Morgan fingerprint density at radius 1 is 1.07 bits per heavy atom. The van der Waals surface area contributed by atoms with E-state index in [1.54, 1.807) is 12.4 Å². The monoisotopic (exact) mass is 359 g/mol. The van der Waals surface area contributed by atoms with Crippen molar-refractivity contribution in [1.82, 2.24) is 29.7 Å². The van der Waals surface area contributed by atoms with Crippen LogP contribution in [0.2, 0.25) is 0 Å². The minimum absolute atomic E-state index is 0.426. The van der Waals surface area contributed by atoms with Gasteiger partial charge >= 0.3 is 0 Å². The molecule has 0 amide bonds. The van der Waals surface area contributed by atoms with Crippen molar-refractivity contribution < 1.29 is 0 Å². The van der Waals surface area contributed by atoms with Crippen LogP contribution in [0.4, 0.5) is 5.82 Å². The molecule has 0 spiro atoms. The normalized spacial score (nSPS) is 15.3. The van der Waals surface area contributed by atoms with Gasteiger partial charge in [0.1, 0.15) is 11.3 Å². The van der Waals surface area contributed by atoms with E-state index < -0.39 is 0 Å². The molecule has 7 heteroatoms. The van der Waals surface area contributed by atoms with Crippen molar-refractivity contribution in [1.29, 1.82) is 0 Å². The van der Waals surface area contributed by atoms with Crippen LogP contribution in [-0.2, 0) is 6.54 Å². The number of hydrogen-bond donors (Lipinski definition) is 0. The van der Waals surface area contributed by atoms with Gasteiger partial charge in [-0.3, -0.25) is 9.97 Å². The number of aromatic nitrogens is 6. The Labute approximate surface area is 157 Å². The first-order valence-corrected chi connectivity index (χ1v) is 9.19. The zero-order chi connectivity index (χ0) is 18.4. The first-order valence-electron chi connectivity index (χ1n) is 9.19. The third-order valence-electron chi connectivity index (χ3n) is 5.29. The van der Waals surface area contributed by atoms with Gasteiger partial charge < -0.3 is 4.90 Å². The van der Waals surface area contributed by atoms with Crippen molar-refractivity contribution in [3.8, 4) is 0 Å². The molecule has 0 unspecified atom stereocenters. The number of fused-ring (bicyclic) bond motifs is 2. The van der Waals surface area contributed by atoms with Gasteiger partial charge in [0.2, 0.25) is 0 Å². The largest absolute Gasteiger partial charge is 0.358 e. The molecule has 136 valence electrons. The second-order valence-electron chi connectivity index (χ2n) is 7.79. The third kappa shape index (κ3) is 3.09. The quantitative estimate of drug-likeness (QED) is 0.545. The molecule has 0 atom stereocenters. The number of pyridine rings is 2. The lowest BCUT2D eigenvalue weighted by atomic mass is 10.1. The van der Waals surface area contributed by atoms with E-state index >= 15 is 0 Å². The van der Waals surface area contributed by atoms with Crippen molar-refractivity contribution in [2.75, 3.05) is 18.5 Å². The van der Waals surface area contributed by atoms with Crippen LogP contribution >= 0.6 is 0 Å². The molecular weight excluding hydrogens is 338 g/mol. The molecule has 0 saturated heterocycles. The lowest BCUT2D eigenvalue weighted by Crippen LogP contribution is -2.25. The van der Waals surface area contributed by atoms with Gasteiger partial charge in [0.05, 0.1) is 30.0 Å². The predicted octanol–water partition coefficient (Wildman–Crippen LogP) is 3.05. The Balaban J connectivity index is 1.46. The van der Waals surface area contributed by atoms with Gasteiger partial charge in [0.15, 0.2) is 5.65 Å². The molecule has 0 N–H and O–H groups in total. The number of anilines is 1. The third-order valence-corrected chi connectivity index (χ3v) is 5.29. The van der Waals surface area contributed by atoms with Gasteiger partial charge in [0.25, 0.3) is 0 Å². The van der Waals surface area contributed by atoms with E-state index in [1.807, 2.05) is 35.3 Å². The first-order chi connectivity index (χ1) is 13.1. The van der Waals surface area contributed by atoms with Gasteiger partial charge in [-0.1, -0.05) is 6.92 Å². The molecule has 7 nitrogen and oxygen atoms in total. The zero-order valence-corrected chi connectivity index (χ0v) is 15.5. The summed E-state index contributed by atoms with van der Waals surface area (Å²) in [5.74, 6) is 0.885. The number of hydrogen-bond acceptors (Lipinski definition) is 6. The van der Waals surface area contributed by atoms with Gasteiger partial charge in [-0.2, -0.15) is 5.10 Å².